The number of benzene rings is 1. The fourth-order valence-electron chi connectivity index (χ4n) is 1.44. The molecule has 1 heterocycles. The van der Waals surface area contributed by atoms with Gasteiger partial charge in [-0.25, -0.2) is 4.99 Å². The van der Waals surface area contributed by atoms with Crippen LogP contribution >= 0.6 is 11.6 Å². The summed E-state index contributed by atoms with van der Waals surface area (Å²) < 4.78 is 1.71. The summed E-state index contributed by atoms with van der Waals surface area (Å²) >= 11 is 6.13. The number of rotatable bonds is 2. The Labute approximate surface area is 99.4 Å². The Hall–Kier alpha value is -1.61. The standard InChI is InChI=1S/C12H12ClN3/c1-9-8-11(16(2)15-9)14-12(13)10-6-4-3-5-7-10/h3-8H,1-2H3/b14-12-. The van der Waals surface area contributed by atoms with E-state index in [1.165, 1.54) is 0 Å². The van der Waals surface area contributed by atoms with Crippen molar-refractivity contribution >= 4 is 22.6 Å². The van der Waals surface area contributed by atoms with Crippen molar-refractivity contribution in [2.75, 3.05) is 0 Å². The smallest absolute Gasteiger partial charge is 0.152 e. The van der Waals surface area contributed by atoms with Gasteiger partial charge >= 0.3 is 0 Å². The van der Waals surface area contributed by atoms with Crippen LogP contribution in [0.2, 0.25) is 0 Å². The lowest BCUT2D eigenvalue weighted by Gasteiger charge is -1.98. The molecule has 2 rings (SSSR count). The van der Waals surface area contributed by atoms with Gasteiger partial charge in [-0.2, -0.15) is 5.10 Å². The lowest BCUT2D eigenvalue weighted by atomic mass is 10.2. The first kappa shape index (κ1) is 10.9. The highest BCUT2D eigenvalue weighted by Crippen LogP contribution is 2.16. The summed E-state index contributed by atoms with van der Waals surface area (Å²) in [4.78, 5) is 4.33. The van der Waals surface area contributed by atoms with Crippen LogP contribution in [0, 0.1) is 6.92 Å². The molecule has 0 unspecified atom stereocenters. The van der Waals surface area contributed by atoms with Crippen LogP contribution in [0.1, 0.15) is 11.3 Å². The maximum absolute atomic E-state index is 6.13. The van der Waals surface area contributed by atoms with Crippen LogP contribution in [0.3, 0.4) is 0 Å². The molecule has 1 aromatic carbocycles. The fraction of sp³-hybridized carbons (Fsp3) is 0.167. The summed E-state index contributed by atoms with van der Waals surface area (Å²) in [6.45, 7) is 1.93. The topological polar surface area (TPSA) is 30.2 Å². The van der Waals surface area contributed by atoms with E-state index in [1.54, 1.807) is 4.68 Å². The van der Waals surface area contributed by atoms with E-state index >= 15 is 0 Å². The minimum absolute atomic E-state index is 0.476. The van der Waals surface area contributed by atoms with Gasteiger partial charge in [0.1, 0.15) is 5.17 Å². The molecule has 0 amide bonds. The first-order chi connectivity index (χ1) is 7.66. The molecule has 0 aliphatic carbocycles. The molecule has 16 heavy (non-hydrogen) atoms. The second kappa shape index (κ2) is 4.49. The highest BCUT2D eigenvalue weighted by molar-refractivity contribution is 6.69. The van der Waals surface area contributed by atoms with E-state index in [1.807, 2.05) is 50.4 Å². The first-order valence-electron chi connectivity index (χ1n) is 4.97. The quantitative estimate of drug-likeness (QED) is 0.734. The molecule has 1 aromatic heterocycles. The van der Waals surface area contributed by atoms with Gasteiger partial charge in [-0.3, -0.25) is 4.68 Å². The van der Waals surface area contributed by atoms with Crippen LogP contribution in [-0.2, 0) is 7.05 Å². The molecule has 0 saturated carbocycles. The summed E-state index contributed by atoms with van der Waals surface area (Å²) in [5, 5.41) is 4.68. The molecule has 0 spiro atoms. The molecule has 0 fully saturated rings. The lowest BCUT2D eigenvalue weighted by Crippen LogP contribution is -1.93. The van der Waals surface area contributed by atoms with Crippen molar-refractivity contribution in [3.8, 4) is 0 Å². The average molecular weight is 234 g/mol. The van der Waals surface area contributed by atoms with Crippen molar-refractivity contribution in [2.24, 2.45) is 12.0 Å². The third kappa shape index (κ3) is 2.31. The third-order valence-corrected chi connectivity index (χ3v) is 2.50. The Morgan fingerprint density at radius 2 is 2.00 bits per heavy atom. The van der Waals surface area contributed by atoms with Crippen LogP contribution in [0.15, 0.2) is 41.4 Å². The summed E-state index contributed by atoms with van der Waals surface area (Å²) in [6.07, 6.45) is 0. The van der Waals surface area contributed by atoms with Crippen LogP contribution in [0.4, 0.5) is 5.82 Å². The van der Waals surface area contributed by atoms with Gasteiger partial charge in [0, 0.05) is 18.7 Å². The molecule has 3 nitrogen and oxygen atoms in total. The minimum atomic E-state index is 0.476. The van der Waals surface area contributed by atoms with Crippen molar-refractivity contribution in [1.82, 2.24) is 9.78 Å². The molecule has 0 radical (unpaired) electrons. The van der Waals surface area contributed by atoms with Crippen LogP contribution < -0.4 is 0 Å². The Balaban J connectivity index is 2.35. The lowest BCUT2D eigenvalue weighted by molar-refractivity contribution is 0.759. The Morgan fingerprint density at radius 1 is 1.31 bits per heavy atom. The van der Waals surface area contributed by atoms with E-state index in [-0.39, 0.29) is 0 Å². The molecular formula is C12H12ClN3. The maximum atomic E-state index is 6.13. The van der Waals surface area contributed by atoms with Gasteiger partial charge in [-0.1, -0.05) is 41.9 Å². The number of hydrogen-bond acceptors (Lipinski definition) is 2. The van der Waals surface area contributed by atoms with E-state index in [9.17, 15) is 0 Å². The molecule has 0 atom stereocenters. The van der Waals surface area contributed by atoms with E-state index in [2.05, 4.69) is 10.1 Å². The van der Waals surface area contributed by atoms with Gasteiger partial charge in [0.2, 0.25) is 0 Å². The molecule has 82 valence electrons. The molecule has 0 aliphatic heterocycles. The molecule has 4 heteroatoms. The number of nitrogens with zero attached hydrogens (tertiary/aromatic N) is 3. The van der Waals surface area contributed by atoms with Crippen LogP contribution in [-0.4, -0.2) is 15.0 Å². The molecule has 0 bridgehead atoms. The average Bonchev–Trinajstić information content (AvgIpc) is 2.59. The predicted molar refractivity (Wildman–Crippen MR) is 66.4 cm³/mol. The molecule has 0 saturated heterocycles. The molecule has 0 N–H and O–H groups in total. The monoisotopic (exact) mass is 233 g/mol. The number of hydrogen-bond donors (Lipinski definition) is 0. The number of aryl methyl sites for hydroxylation is 2. The Morgan fingerprint density at radius 3 is 2.56 bits per heavy atom. The highest BCUT2D eigenvalue weighted by atomic mass is 35.5. The minimum Gasteiger partial charge on any atom is -0.251 e. The predicted octanol–water partition coefficient (Wildman–Crippen LogP) is 3.05. The molecule has 2 aromatic rings. The normalized spacial score (nSPS) is 11.8. The molecule has 0 aliphatic rings. The summed E-state index contributed by atoms with van der Waals surface area (Å²) in [6, 6.07) is 11.6. The second-order valence-corrected chi connectivity index (χ2v) is 3.89. The number of aromatic nitrogens is 2. The third-order valence-electron chi connectivity index (χ3n) is 2.20. The van der Waals surface area contributed by atoms with Crippen LogP contribution in [0.25, 0.3) is 0 Å². The Kier molecular flexibility index (Phi) is 3.06. The van der Waals surface area contributed by atoms with Crippen molar-refractivity contribution in [3.05, 3.63) is 47.7 Å². The van der Waals surface area contributed by atoms with Gasteiger partial charge in [0.15, 0.2) is 5.82 Å². The van der Waals surface area contributed by atoms with E-state index < -0.39 is 0 Å². The van der Waals surface area contributed by atoms with Crippen molar-refractivity contribution in [3.63, 3.8) is 0 Å². The van der Waals surface area contributed by atoms with Gasteiger partial charge in [-0.05, 0) is 6.92 Å². The van der Waals surface area contributed by atoms with Gasteiger partial charge in [0.25, 0.3) is 0 Å². The van der Waals surface area contributed by atoms with Crippen molar-refractivity contribution < 1.29 is 0 Å². The SMILES string of the molecule is Cc1cc(/N=C(\Cl)c2ccccc2)n(C)n1. The van der Waals surface area contributed by atoms with Gasteiger partial charge < -0.3 is 0 Å². The maximum Gasteiger partial charge on any atom is 0.152 e. The van der Waals surface area contributed by atoms with E-state index in [4.69, 9.17) is 11.6 Å². The zero-order valence-electron chi connectivity index (χ0n) is 9.18. The summed E-state index contributed by atoms with van der Waals surface area (Å²) in [5.74, 6) is 0.756. The van der Waals surface area contributed by atoms with Gasteiger partial charge in [-0.15, -0.1) is 0 Å². The van der Waals surface area contributed by atoms with E-state index in [0.717, 1.165) is 17.1 Å². The second-order valence-electron chi connectivity index (χ2n) is 3.54. The summed E-state index contributed by atoms with van der Waals surface area (Å²) in [7, 11) is 1.85. The Bertz CT molecular complexity index is 514. The summed E-state index contributed by atoms with van der Waals surface area (Å²) in [5.41, 5.74) is 1.83. The highest BCUT2D eigenvalue weighted by Gasteiger charge is 2.03. The van der Waals surface area contributed by atoms with Gasteiger partial charge in [0.05, 0.1) is 5.69 Å². The first-order valence-corrected chi connectivity index (χ1v) is 5.35. The van der Waals surface area contributed by atoms with E-state index in [0.29, 0.717) is 5.17 Å². The largest absolute Gasteiger partial charge is 0.251 e. The zero-order valence-corrected chi connectivity index (χ0v) is 9.94. The fourth-order valence-corrected chi connectivity index (χ4v) is 1.65. The zero-order chi connectivity index (χ0) is 11.5. The van der Waals surface area contributed by atoms with Crippen molar-refractivity contribution in [2.45, 2.75) is 6.92 Å². The molecular weight excluding hydrogens is 222 g/mol. The van der Waals surface area contributed by atoms with Crippen molar-refractivity contribution in [1.29, 1.82) is 0 Å². The number of aliphatic imine (C=N–C) groups is 1. The number of halogens is 1. The van der Waals surface area contributed by atoms with Crippen LogP contribution in [0.5, 0.6) is 0 Å².